The molecule has 1 unspecified atom stereocenters. The normalized spacial score (nSPS) is 11.2. The summed E-state index contributed by atoms with van der Waals surface area (Å²) in [6, 6.07) is 0. The maximum atomic E-state index is 10.4. The van der Waals surface area contributed by atoms with Gasteiger partial charge in [-0.15, -0.1) is 0 Å². The fourth-order valence-corrected chi connectivity index (χ4v) is 2.14. The molecular weight excluding hydrogens is 344 g/mol. The Kier molecular flexibility index (Phi) is 23.2. The summed E-state index contributed by atoms with van der Waals surface area (Å²) in [6.45, 7) is 8.44. The molecule has 0 rings (SSSR count). The first-order valence-corrected chi connectivity index (χ1v) is 8.79. The van der Waals surface area contributed by atoms with E-state index in [4.69, 9.17) is 10.2 Å². The second-order valence-corrected chi connectivity index (χ2v) is 6.33. The number of aliphatic carboxylic acids is 2. The first kappa shape index (κ1) is 27.3. The van der Waals surface area contributed by atoms with Gasteiger partial charge in [0.05, 0.1) is 5.92 Å². The van der Waals surface area contributed by atoms with Gasteiger partial charge in [0.25, 0.3) is 0 Å². The average Bonchev–Trinajstić information content (AvgIpc) is 2.43. The molecule has 0 aliphatic carbocycles. The van der Waals surface area contributed by atoms with E-state index in [0.29, 0.717) is 6.42 Å². The third-order valence-electron chi connectivity index (χ3n) is 3.67. The molecule has 1 atom stereocenters. The van der Waals surface area contributed by atoms with Crippen LogP contribution in [0.1, 0.15) is 91.9 Å². The molecule has 0 aromatic heterocycles. The minimum Gasteiger partial charge on any atom is -0.481 e. The third kappa shape index (κ3) is 23.8. The Morgan fingerprint density at radius 2 is 1.43 bits per heavy atom. The summed E-state index contributed by atoms with van der Waals surface area (Å²) in [5, 5.41) is 17.0. The Labute approximate surface area is 152 Å². The van der Waals surface area contributed by atoms with Crippen molar-refractivity contribution in [3.05, 3.63) is 0 Å². The number of hydrogen-bond acceptors (Lipinski definition) is 2. The standard InChI is InChI=1S/C10H20O2.C8H16O2.Cu/c1-9(2)7-5-3-4-6-8-10(11)12;1-3-5-6-7(4-2)8(9)10;/h9H,3-8H2,1-2H3,(H,11,12);7H,3-6H2,1-2H3,(H,9,10);. The fraction of sp³-hybridized carbons (Fsp3) is 0.889. The van der Waals surface area contributed by atoms with Crippen molar-refractivity contribution in [2.24, 2.45) is 11.8 Å². The molecule has 0 fully saturated rings. The molecule has 0 aromatic rings. The maximum Gasteiger partial charge on any atom is 0.306 e. The summed E-state index contributed by atoms with van der Waals surface area (Å²) in [5.74, 6) is -0.640. The molecule has 0 heterocycles. The Morgan fingerprint density at radius 1 is 0.870 bits per heavy atom. The van der Waals surface area contributed by atoms with Gasteiger partial charge >= 0.3 is 11.9 Å². The molecule has 0 bridgehead atoms. The monoisotopic (exact) mass is 379 g/mol. The smallest absolute Gasteiger partial charge is 0.306 e. The van der Waals surface area contributed by atoms with Crippen molar-refractivity contribution >= 4 is 11.9 Å². The number of hydrogen-bond donors (Lipinski definition) is 2. The molecular formula is C18H36CuO4. The van der Waals surface area contributed by atoms with Gasteiger partial charge < -0.3 is 10.2 Å². The molecule has 1 radical (unpaired) electrons. The summed E-state index contributed by atoms with van der Waals surface area (Å²) < 4.78 is 0. The molecule has 0 aromatic carbocycles. The zero-order chi connectivity index (χ0) is 17.4. The Balaban J connectivity index is -0.000000338. The summed E-state index contributed by atoms with van der Waals surface area (Å²) in [6.07, 6.45) is 9.66. The van der Waals surface area contributed by atoms with E-state index in [0.717, 1.165) is 44.4 Å². The first-order valence-electron chi connectivity index (χ1n) is 8.79. The van der Waals surface area contributed by atoms with Crippen LogP contribution in [0, 0.1) is 11.8 Å². The van der Waals surface area contributed by atoms with Gasteiger partial charge in [0.2, 0.25) is 0 Å². The van der Waals surface area contributed by atoms with E-state index >= 15 is 0 Å². The van der Waals surface area contributed by atoms with Gasteiger partial charge in [-0.25, -0.2) is 0 Å². The van der Waals surface area contributed by atoms with E-state index in [9.17, 15) is 9.59 Å². The van der Waals surface area contributed by atoms with Gasteiger partial charge in [-0.1, -0.05) is 66.2 Å². The van der Waals surface area contributed by atoms with Crippen molar-refractivity contribution in [3.8, 4) is 0 Å². The summed E-state index contributed by atoms with van der Waals surface area (Å²) >= 11 is 0. The Bertz CT molecular complexity index is 280. The van der Waals surface area contributed by atoms with Crippen LogP contribution in [0.3, 0.4) is 0 Å². The third-order valence-corrected chi connectivity index (χ3v) is 3.67. The van der Waals surface area contributed by atoms with Crippen molar-refractivity contribution in [2.45, 2.75) is 91.9 Å². The second-order valence-electron chi connectivity index (χ2n) is 6.33. The minimum atomic E-state index is -0.668. The molecule has 5 heteroatoms. The molecule has 0 aliphatic heterocycles. The average molecular weight is 380 g/mol. The Hall–Kier alpha value is -0.541. The summed E-state index contributed by atoms with van der Waals surface area (Å²) in [4.78, 5) is 20.6. The van der Waals surface area contributed by atoms with Crippen LogP contribution in [0.4, 0.5) is 0 Å². The predicted molar refractivity (Wildman–Crippen MR) is 91.1 cm³/mol. The van der Waals surface area contributed by atoms with Gasteiger partial charge in [-0.2, -0.15) is 0 Å². The zero-order valence-electron chi connectivity index (χ0n) is 15.2. The van der Waals surface area contributed by atoms with Crippen LogP contribution in [-0.4, -0.2) is 22.2 Å². The molecule has 143 valence electrons. The van der Waals surface area contributed by atoms with Crippen molar-refractivity contribution in [2.75, 3.05) is 0 Å². The van der Waals surface area contributed by atoms with E-state index in [1.807, 2.05) is 6.92 Å². The van der Waals surface area contributed by atoms with Crippen molar-refractivity contribution in [1.82, 2.24) is 0 Å². The molecule has 4 nitrogen and oxygen atoms in total. The van der Waals surface area contributed by atoms with Gasteiger partial charge in [0, 0.05) is 23.5 Å². The number of carboxylic acids is 2. The molecule has 0 amide bonds. The number of carbonyl (C=O) groups is 2. The molecule has 0 saturated carbocycles. The molecule has 23 heavy (non-hydrogen) atoms. The van der Waals surface area contributed by atoms with E-state index < -0.39 is 11.9 Å². The van der Waals surface area contributed by atoms with Crippen LogP contribution in [0.5, 0.6) is 0 Å². The number of unbranched alkanes of at least 4 members (excludes halogenated alkanes) is 4. The SMILES string of the molecule is CC(C)CCCCCCC(=O)O.CCCCC(CC)C(=O)O.[Cu]. The molecule has 2 N–H and O–H groups in total. The van der Waals surface area contributed by atoms with Gasteiger partial charge in [0.15, 0.2) is 0 Å². The van der Waals surface area contributed by atoms with Crippen LogP contribution in [-0.2, 0) is 26.7 Å². The van der Waals surface area contributed by atoms with Crippen molar-refractivity contribution in [3.63, 3.8) is 0 Å². The quantitative estimate of drug-likeness (QED) is 0.354. The zero-order valence-corrected chi connectivity index (χ0v) is 16.2. The Morgan fingerprint density at radius 3 is 1.83 bits per heavy atom. The second kappa shape index (κ2) is 19.5. The van der Waals surface area contributed by atoms with E-state index in [2.05, 4.69) is 20.8 Å². The van der Waals surface area contributed by atoms with Crippen LogP contribution in [0.25, 0.3) is 0 Å². The van der Waals surface area contributed by atoms with E-state index in [1.54, 1.807) is 0 Å². The number of rotatable bonds is 12. The predicted octanol–water partition coefficient (Wildman–Crippen LogP) is 5.35. The molecule has 0 spiro atoms. The van der Waals surface area contributed by atoms with Crippen LogP contribution >= 0.6 is 0 Å². The minimum absolute atomic E-state index is 0. The van der Waals surface area contributed by atoms with Crippen LogP contribution < -0.4 is 0 Å². The van der Waals surface area contributed by atoms with Crippen molar-refractivity contribution in [1.29, 1.82) is 0 Å². The fourth-order valence-electron chi connectivity index (χ4n) is 2.14. The van der Waals surface area contributed by atoms with Gasteiger partial charge in [-0.3, -0.25) is 9.59 Å². The maximum absolute atomic E-state index is 10.4. The van der Waals surface area contributed by atoms with Crippen LogP contribution in [0.15, 0.2) is 0 Å². The van der Waals surface area contributed by atoms with Crippen molar-refractivity contribution < 1.29 is 36.9 Å². The topological polar surface area (TPSA) is 74.6 Å². The van der Waals surface area contributed by atoms with Gasteiger partial charge in [-0.05, 0) is 25.2 Å². The van der Waals surface area contributed by atoms with Crippen LogP contribution in [0.2, 0.25) is 0 Å². The molecule has 0 saturated heterocycles. The van der Waals surface area contributed by atoms with E-state index in [-0.39, 0.29) is 23.0 Å². The van der Waals surface area contributed by atoms with E-state index in [1.165, 1.54) is 19.3 Å². The van der Waals surface area contributed by atoms with Gasteiger partial charge in [0.1, 0.15) is 0 Å². The summed E-state index contributed by atoms with van der Waals surface area (Å²) in [5.41, 5.74) is 0. The first-order chi connectivity index (χ1) is 10.3. The molecule has 0 aliphatic rings. The number of carboxylic acid groups (broad SMARTS) is 2. The largest absolute Gasteiger partial charge is 0.481 e. The summed E-state index contributed by atoms with van der Waals surface area (Å²) in [7, 11) is 0.